The molecule has 2 aromatic carbocycles. The van der Waals surface area contributed by atoms with Gasteiger partial charge in [0, 0.05) is 48.0 Å². The van der Waals surface area contributed by atoms with E-state index < -0.39 is 6.09 Å². The van der Waals surface area contributed by atoms with Gasteiger partial charge in [0.15, 0.2) is 0 Å². The van der Waals surface area contributed by atoms with E-state index in [1.54, 1.807) is 12.4 Å². The van der Waals surface area contributed by atoms with Crippen LogP contribution in [-0.4, -0.2) is 67.4 Å². The molecule has 1 aliphatic heterocycles. The molecule has 10 nitrogen and oxygen atoms in total. The molecule has 0 radical (unpaired) electrons. The molecule has 3 atom stereocenters. The van der Waals surface area contributed by atoms with Gasteiger partial charge in [-0.3, -0.25) is 0 Å². The third kappa shape index (κ3) is 5.94. The highest BCUT2D eigenvalue weighted by Gasteiger charge is 2.25. The Morgan fingerprint density at radius 2 is 1.83 bits per heavy atom. The molecule has 1 saturated heterocycles. The predicted octanol–water partition coefficient (Wildman–Crippen LogP) is 6.06. The van der Waals surface area contributed by atoms with Gasteiger partial charge in [-0.2, -0.15) is 0 Å². The first-order valence-corrected chi connectivity index (χ1v) is 14.6. The molecule has 4 N–H and O–H groups in total. The smallest absolute Gasteiger partial charge is 0.407 e. The number of piperidine rings is 1. The van der Waals surface area contributed by atoms with Gasteiger partial charge < -0.3 is 30.5 Å². The normalized spacial score (nSPS) is 20.7. The highest BCUT2D eigenvalue weighted by molar-refractivity contribution is 5.98. The van der Waals surface area contributed by atoms with E-state index in [1.165, 1.54) is 4.90 Å². The highest BCUT2D eigenvalue weighted by atomic mass is 16.5. The molecule has 2 aromatic heterocycles. The minimum atomic E-state index is -0.911. The van der Waals surface area contributed by atoms with Gasteiger partial charge >= 0.3 is 6.09 Å². The van der Waals surface area contributed by atoms with Crippen LogP contribution in [0.3, 0.4) is 0 Å². The lowest BCUT2D eigenvalue weighted by Crippen LogP contribution is -2.44. The monoisotopic (exact) mass is 568 g/mol. The minimum absolute atomic E-state index is 0.0267. The average Bonchev–Trinajstić information content (AvgIpc) is 3.00. The molecule has 4 aromatic rings. The summed E-state index contributed by atoms with van der Waals surface area (Å²) in [5, 5.41) is 28.8. The molecule has 1 amide bonds. The van der Waals surface area contributed by atoms with E-state index in [-0.39, 0.29) is 18.2 Å². The van der Waals surface area contributed by atoms with E-state index >= 15 is 0 Å². The van der Waals surface area contributed by atoms with Gasteiger partial charge in [-0.05, 0) is 62.4 Å². The third-order valence-corrected chi connectivity index (χ3v) is 8.21. The lowest BCUT2D eigenvalue weighted by molar-refractivity contribution is 0.116. The number of aliphatic hydroxyl groups excluding tert-OH is 1. The largest absolute Gasteiger partial charge is 0.465 e. The number of aryl methyl sites for hydroxylation is 1. The number of hydrogen-bond acceptors (Lipinski definition) is 8. The molecular weight excluding hydrogens is 532 g/mol. The van der Waals surface area contributed by atoms with E-state index in [2.05, 4.69) is 26.7 Å². The van der Waals surface area contributed by atoms with Crippen molar-refractivity contribution in [2.75, 3.05) is 23.7 Å². The Morgan fingerprint density at radius 3 is 2.69 bits per heavy atom. The van der Waals surface area contributed by atoms with Gasteiger partial charge in [-0.25, -0.2) is 19.7 Å². The summed E-state index contributed by atoms with van der Waals surface area (Å²) in [6.07, 6.45) is 7.67. The number of benzene rings is 2. The summed E-state index contributed by atoms with van der Waals surface area (Å²) >= 11 is 0. The number of carboxylic acid groups (broad SMARTS) is 1. The molecule has 0 bridgehead atoms. The van der Waals surface area contributed by atoms with Gasteiger partial charge in [-0.1, -0.05) is 37.1 Å². The zero-order valence-corrected chi connectivity index (χ0v) is 23.7. The Kier molecular flexibility index (Phi) is 8.05. The van der Waals surface area contributed by atoms with Crippen molar-refractivity contribution in [2.24, 2.45) is 0 Å². The first-order chi connectivity index (χ1) is 20.5. The summed E-state index contributed by atoms with van der Waals surface area (Å²) < 4.78 is 6.56. The van der Waals surface area contributed by atoms with E-state index in [4.69, 9.17) is 9.72 Å². The van der Waals surface area contributed by atoms with E-state index in [0.29, 0.717) is 36.4 Å². The number of pyridine rings is 1. The zero-order valence-electron chi connectivity index (χ0n) is 23.7. The van der Waals surface area contributed by atoms with Crippen LogP contribution in [0.15, 0.2) is 60.9 Å². The van der Waals surface area contributed by atoms with Crippen molar-refractivity contribution in [1.82, 2.24) is 19.9 Å². The number of nitrogens with zero attached hydrogens (tertiary/aromatic N) is 4. The quantitative estimate of drug-likeness (QED) is 0.210. The summed E-state index contributed by atoms with van der Waals surface area (Å²) in [5.74, 6) is 1.57. The lowest BCUT2D eigenvalue weighted by atomic mass is 9.92. The number of ether oxygens (including phenoxy) is 1. The fourth-order valence-electron chi connectivity index (χ4n) is 5.97. The first kappa shape index (κ1) is 27.7. The number of amides is 1. The second-order valence-electron chi connectivity index (χ2n) is 11.2. The Bertz CT molecular complexity index is 1580. The molecule has 2 aliphatic rings. The number of rotatable bonds is 7. The number of hydrogen-bond donors (Lipinski definition) is 4. The fraction of sp³-hybridized carbons (Fsp3) is 0.375. The molecule has 1 unspecified atom stereocenters. The van der Waals surface area contributed by atoms with E-state index in [9.17, 15) is 15.0 Å². The number of aromatic nitrogens is 3. The minimum Gasteiger partial charge on any atom is -0.465 e. The molecular formula is C32H36N6O4. The van der Waals surface area contributed by atoms with Crippen LogP contribution in [0.25, 0.3) is 22.0 Å². The summed E-state index contributed by atoms with van der Waals surface area (Å²) in [6.45, 7) is 2.94. The van der Waals surface area contributed by atoms with Gasteiger partial charge in [-0.15, -0.1) is 0 Å². The molecule has 2 fully saturated rings. The van der Waals surface area contributed by atoms with Gasteiger partial charge in [0.25, 0.3) is 0 Å². The average molecular weight is 569 g/mol. The standard InChI is InChI=1S/C32H36N6O4/c1-20-13-14-22-23(8-4-11-25(22)36-27-10-2-3-12-28(27)39)29(20)42-30-24(9-5-16-33-30)26-15-17-34-31(37-26)35-21-7-6-18-38(19-21)32(40)41/h4-5,8-9,11,13-17,21,27-28,36,39H,2-3,6-7,10,12,18-19H2,1H3,(H,40,41)(H,34,35,37)/t21?,27-,28-/m1/s1. The second kappa shape index (κ2) is 12.2. The SMILES string of the molecule is Cc1ccc2c(N[C@@H]3CCCC[C@H]3O)cccc2c1Oc1ncccc1-c1ccnc(NC2CCCN(C(=O)O)C2)n1. The Morgan fingerprint density at radius 1 is 0.952 bits per heavy atom. The summed E-state index contributed by atoms with van der Waals surface area (Å²) in [7, 11) is 0. The second-order valence-corrected chi connectivity index (χ2v) is 11.2. The maximum atomic E-state index is 11.4. The summed E-state index contributed by atoms with van der Waals surface area (Å²) in [6, 6.07) is 15.8. The Hall–Kier alpha value is -4.44. The van der Waals surface area contributed by atoms with Crippen molar-refractivity contribution in [1.29, 1.82) is 0 Å². The number of nitrogens with one attached hydrogen (secondary N) is 2. The van der Waals surface area contributed by atoms with Crippen molar-refractivity contribution < 1.29 is 19.7 Å². The number of aliphatic hydroxyl groups is 1. The number of anilines is 2. The molecule has 6 rings (SSSR count). The highest BCUT2D eigenvalue weighted by Crippen LogP contribution is 2.39. The van der Waals surface area contributed by atoms with Gasteiger partial charge in [0.2, 0.25) is 11.8 Å². The number of likely N-dealkylation sites (tertiary alicyclic amines) is 1. The number of fused-ring (bicyclic) bond motifs is 1. The fourth-order valence-corrected chi connectivity index (χ4v) is 5.97. The molecule has 10 heteroatoms. The Labute approximate surface area is 244 Å². The maximum Gasteiger partial charge on any atom is 0.407 e. The van der Waals surface area contributed by atoms with Crippen LogP contribution in [0, 0.1) is 6.92 Å². The van der Waals surface area contributed by atoms with Crippen molar-refractivity contribution in [3.8, 4) is 22.9 Å². The molecule has 1 saturated carbocycles. The van der Waals surface area contributed by atoms with Crippen LogP contribution in [0.5, 0.6) is 11.6 Å². The van der Waals surface area contributed by atoms with Crippen LogP contribution in [0.2, 0.25) is 0 Å². The maximum absolute atomic E-state index is 11.4. The van der Waals surface area contributed by atoms with Crippen molar-refractivity contribution in [3.63, 3.8) is 0 Å². The van der Waals surface area contributed by atoms with Crippen LogP contribution >= 0.6 is 0 Å². The zero-order chi connectivity index (χ0) is 29.1. The van der Waals surface area contributed by atoms with Crippen LogP contribution in [-0.2, 0) is 0 Å². The number of carbonyl (C=O) groups is 1. The van der Waals surface area contributed by atoms with E-state index in [1.807, 2.05) is 49.4 Å². The first-order valence-electron chi connectivity index (χ1n) is 14.6. The molecule has 218 valence electrons. The van der Waals surface area contributed by atoms with Gasteiger partial charge in [0.05, 0.1) is 23.4 Å². The van der Waals surface area contributed by atoms with Crippen LogP contribution in [0.1, 0.15) is 44.1 Å². The van der Waals surface area contributed by atoms with Crippen molar-refractivity contribution in [3.05, 3.63) is 66.5 Å². The molecule has 42 heavy (non-hydrogen) atoms. The molecule has 0 spiro atoms. The van der Waals surface area contributed by atoms with Crippen molar-refractivity contribution >= 4 is 28.5 Å². The van der Waals surface area contributed by atoms with Gasteiger partial charge in [0.1, 0.15) is 5.75 Å². The van der Waals surface area contributed by atoms with Crippen LogP contribution in [0.4, 0.5) is 16.4 Å². The van der Waals surface area contributed by atoms with Crippen molar-refractivity contribution in [2.45, 2.75) is 63.6 Å². The predicted molar refractivity (Wildman–Crippen MR) is 162 cm³/mol. The van der Waals surface area contributed by atoms with Crippen LogP contribution < -0.4 is 15.4 Å². The lowest BCUT2D eigenvalue weighted by Gasteiger charge is -2.31. The third-order valence-electron chi connectivity index (χ3n) is 8.21. The molecule has 1 aliphatic carbocycles. The molecule has 3 heterocycles. The summed E-state index contributed by atoms with van der Waals surface area (Å²) in [4.78, 5) is 26.6. The summed E-state index contributed by atoms with van der Waals surface area (Å²) in [5.41, 5.74) is 3.31. The Balaban J connectivity index is 1.28. The van der Waals surface area contributed by atoms with E-state index in [0.717, 1.165) is 66.1 Å². The topological polar surface area (TPSA) is 133 Å².